The van der Waals surface area contributed by atoms with E-state index in [0.29, 0.717) is 19.6 Å². The Kier molecular flexibility index (Phi) is 7.83. The Morgan fingerprint density at radius 1 is 0.944 bits per heavy atom. The van der Waals surface area contributed by atoms with Gasteiger partial charge in [-0.2, -0.15) is 0 Å². The van der Waals surface area contributed by atoms with Crippen molar-refractivity contribution in [3.05, 3.63) is 93.7 Å². The standard InChI is InChI=1S/C30H34N2O3S/c1-22-14-15-26(36-22)20-31(18-23-9-4-2-5-10-23)29(33)21-32(19-25-13-8-16-35-25)30(34)28-17-27(28)24-11-6-3-7-12-24/h2-7,9-12,14-15,25,27-28H,8,13,16-21H2,1H3. The van der Waals surface area contributed by atoms with E-state index in [1.54, 1.807) is 16.2 Å². The summed E-state index contributed by atoms with van der Waals surface area (Å²) in [6, 6.07) is 24.5. The zero-order chi connectivity index (χ0) is 24.9. The summed E-state index contributed by atoms with van der Waals surface area (Å²) in [6.45, 7) is 4.46. The molecule has 2 fully saturated rings. The number of carbonyl (C=O) groups is 2. The third-order valence-corrected chi connectivity index (χ3v) is 8.12. The number of nitrogens with zero attached hydrogens (tertiary/aromatic N) is 2. The molecule has 2 heterocycles. The van der Waals surface area contributed by atoms with Gasteiger partial charge < -0.3 is 14.5 Å². The van der Waals surface area contributed by atoms with Gasteiger partial charge in [-0.3, -0.25) is 9.59 Å². The number of amides is 2. The van der Waals surface area contributed by atoms with E-state index in [9.17, 15) is 9.59 Å². The number of hydrogen-bond acceptors (Lipinski definition) is 4. The highest BCUT2D eigenvalue weighted by atomic mass is 32.1. The minimum absolute atomic E-state index is 0.0122. The van der Waals surface area contributed by atoms with E-state index in [0.717, 1.165) is 36.3 Å². The van der Waals surface area contributed by atoms with Crippen molar-refractivity contribution in [1.29, 1.82) is 0 Å². The topological polar surface area (TPSA) is 49.9 Å². The van der Waals surface area contributed by atoms with E-state index in [2.05, 4.69) is 31.2 Å². The smallest absolute Gasteiger partial charge is 0.242 e. The largest absolute Gasteiger partial charge is 0.376 e. The van der Waals surface area contributed by atoms with E-state index >= 15 is 0 Å². The van der Waals surface area contributed by atoms with Crippen LogP contribution in [0, 0.1) is 12.8 Å². The molecule has 0 radical (unpaired) electrons. The van der Waals surface area contributed by atoms with Gasteiger partial charge in [0.05, 0.1) is 19.2 Å². The van der Waals surface area contributed by atoms with Crippen molar-refractivity contribution in [1.82, 2.24) is 9.80 Å². The van der Waals surface area contributed by atoms with E-state index in [4.69, 9.17) is 4.74 Å². The molecule has 0 spiro atoms. The molecule has 2 aromatic carbocycles. The Morgan fingerprint density at radius 2 is 1.69 bits per heavy atom. The molecule has 0 N–H and O–H groups in total. The van der Waals surface area contributed by atoms with Gasteiger partial charge in [0.25, 0.3) is 0 Å². The summed E-state index contributed by atoms with van der Waals surface area (Å²) in [5, 5.41) is 0. The average molecular weight is 503 g/mol. The number of aryl methyl sites for hydroxylation is 1. The van der Waals surface area contributed by atoms with Crippen LogP contribution >= 0.6 is 11.3 Å². The monoisotopic (exact) mass is 502 g/mol. The Morgan fingerprint density at radius 3 is 2.36 bits per heavy atom. The van der Waals surface area contributed by atoms with E-state index in [1.165, 1.54) is 10.4 Å². The second kappa shape index (κ2) is 11.4. The molecule has 6 heteroatoms. The summed E-state index contributed by atoms with van der Waals surface area (Å²) in [6.07, 6.45) is 2.81. The van der Waals surface area contributed by atoms with Gasteiger partial charge in [-0.25, -0.2) is 0 Å². The molecule has 5 rings (SSSR count). The number of thiophene rings is 1. The first kappa shape index (κ1) is 24.7. The van der Waals surface area contributed by atoms with Crippen molar-refractivity contribution in [2.45, 2.75) is 51.3 Å². The normalized spacial score (nSPS) is 20.8. The zero-order valence-electron chi connectivity index (χ0n) is 20.8. The first-order chi connectivity index (χ1) is 17.6. The SMILES string of the molecule is Cc1ccc(CN(Cc2ccccc2)C(=O)CN(CC2CCCO2)C(=O)C2CC2c2ccccc2)s1. The second-order valence-electron chi connectivity index (χ2n) is 9.96. The molecule has 1 aliphatic heterocycles. The molecule has 3 aromatic rings. The maximum absolute atomic E-state index is 13.7. The lowest BCUT2D eigenvalue weighted by Crippen LogP contribution is -2.46. The number of rotatable bonds is 10. The summed E-state index contributed by atoms with van der Waals surface area (Å²) in [5.41, 5.74) is 2.29. The minimum atomic E-state index is -0.0517. The molecular weight excluding hydrogens is 468 g/mol. The molecule has 1 aromatic heterocycles. The first-order valence-corrected chi connectivity index (χ1v) is 13.7. The Labute approximate surface area is 217 Å². The van der Waals surface area contributed by atoms with Crippen LogP contribution in [0.1, 0.15) is 46.1 Å². The van der Waals surface area contributed by atoms with Crippen LogP contribution in [0.25, 0.3) is 0 Å². The fraction of sp³-hybridized carbons (Fsp3) is 0.400. The van der Waals surface area contributed by atoms with Gasteiger partial charge in [0, 0.05) is 35.4 Å². The molecule has 36 heavy (non-hydrogen) atoms. The number of hydrogen-bond donors (Lipinski definition) is 0. The summed E-state index contributed by atoms with van der Waals surface area (Å²) in [4.78, 5) is 33.4. The van der Waals surface area contributed by atoms with Crippen LogP contribution in [-0.4, -0.2) is 47.4 Å². The van der Waals surface area contributed by atoms with Crippen LogP contribution in [0.2, 0.25) is 0 Å². The maximum Gasteiger partial charge on any atom is 0.242 e. The molecule has 3 atom stereocenters. The van der Waals surface area contributed by atoms with Gasteiger partial charge in [0.1, 0.15) is 0 Å². The van der Waals surface area contributed by atoms with Crippen LogP contribution < -0.4 is 0 Å². The summed E-state index contributed by atoms with van der Waals surface area (Å²) >= 11 is 1.71. The van der Waals surface area contributed by atoms with Crippen LogP contribution in [0.4, 0.5) is 0 Å². The van der Waals surface area contributed by atoms with E-state index in [1.807, 2.05) is 53.4 Å². The van der Waals surface area contributed by atoms with Crippen molar-refractivity contribution >= 4 is 23.2 Å². The maximum atomic E-state index is 13.7. The van der Waals surface area contributed by atoms with Crippen LogP contribution in [0.15, 0.2) is 72.8 Å². The fourth-order valence-electron chi connectivity index (χ4n) is 5.10. The Bertz CT molecular complexity index is 1160. The van der Waals surface area contributed by atoms with Gasteiger partial charge >= 0.3 is 0 Å². The van der Waals surface area contributed by atoms with Crippen molar-refractivity contribution in [2.24, 2.45) is 5.92 Å². The number of ether oxygens (including phenoxy) is 1. The predicted molar refractivity (Wildman–Crippen MR) is 143 cm³/mol. The molecule has 2 amide bonds. The van der Waals surface area contributed by atoms with Crippen LogP contribution in [-0.2, 0) is 27.4 Å². The van der Waals surface area contributed by atoms with E-state index in [-0.39, 0.29) is 36.3 Å². The third kappa shape index (κ3) is 6.23. The lowest BCUT2D eigenvalue weighted by atomic mass is 10.1. The zero-order valence-corrected chi connectivity index (χ0v) is 21.7. The van der Waals surface area contributed by atoms with Crippen molar-refractivity contribution in [3.63, 3.8) is 0 Å². The van der Waals surface area contributed by atoms with Crippen LogP contribution in [0.5, 0.6) is 0 Å². The van der Waals surface area contributed by atoms with Gasteiger partial charge in [-0.05, 0) is 55.4 Å². The van der Waals surface area contributed by atoms with Gasteiger partial charge in [-0.1, -0.05) is 60.7 Å². The quantitative estimate of drug-likeness (QED) is 0.373. The molecule has 2 aliphatic rings. The van der Waals surface area contributed by atoms with Gasteiger partial charge in [0.2, 0.25) is 11.8 Å². The number of benzene rings is 2. The molecule has 3 unspecified atom stereocenters. The highest BCUT2D eigenvalue weighted by molar-refractivity contribution is 7.11. The highest BCUT2D eigenvalue weighted by Gasteiger charge is 2.46. The van der Waals surface area contributed by atoms with E-state index < -0.39 is 0 Å². The third-order valence-electron chi connectivity index (χ3n) is 7.13. The Hall–Kier alpha value is -2.96. The van der Waals surface area contributed by atoms with Gasteiger partial charge in [0.15, 0.2) is 0 Å². The number of carbonyl (C=O) groups excluding carboxylic acids is 2. The molecule has 1 saturated heterocycles. The van der Waals surface area contributed by atoms with Crippen molar-refractivity contribution in [3.8, 4) is 0 Å². The van der Waals surface area contributed by atoms with Crippen LogP contribution in [0.3, 0.4) is 0 Å². The molecule has 5 nitrogen and oxygen atoms in total. The van der Waals surface area contributed by atoms with Crippen molar-refractivity contribution in [2.75, 3.05) is 19.7 Å². The Balaban J connectivity index is 1.32. The molecule has 0 bridgehead atoms. The lowest BCUT2D eigenvalue weighted by Gasteiger charge is -2.29. The summed E-state index contributed by atoms with van der Waals surface area (Å²) in [5.74, 6) is 0.256. The highest BCUT2D eigenvalue weighted by Crippen LogP contribution is 2.48. The van der Waals surface area contributed by atoms with Gasteiger partial charge in [-0.15, -0.1) is 11.3 Å². The molecule has 1 saturated carbocycles. The minimum Gasteiger partial charge on any atom is -0.376 e. The first-order valence-electron chi connectivity index (χ1n) is 12.9. The molecule has 1 aliphatic carbocycles. The molecular formula is C30H34N2O3S. The second-order valence-corrected chi connectivity index (χ2v) is 11.3. The molecule has 188 valence electrons. The van der Waals surface area contributed by atoms with Crippen molar-refractivity contribution < 1.29 is 14.3 Å². The fourth-order valence-corrected chi connectivity index (χ4v) is 6.00. The summed E-state index contributed by atoms with van der Waals surface area (Å²) in [7, 11) is 0. The summed E-state index contributed by atoms with van der Waals surface area (Å²) < 4.78 is 5.86. The predicted octanol–water partition coefficient (Wildman–Crippen LogP) is 5.40. The lowest BCUT2D eigenvalue weighted by molar-refractivity contribution is -0.143. The average Bonchev–Trinajstić information content (AvgIpc) is 3.33.